The molecule has 3 N–H and O–H groups in total. The van der Waals surface area contributed by atoms with Gasteiger partial charge in [0.25, 0.3) is 5.56 Å². The van der Waals surface area contributed by atoms with Gasteiger partial charge < -0.3 is 10.3 Å². The van der Waals surface area contributed by atoms with E-state index in [2.05, 4.69) is 10.3 Å². The van der Waals surface area contributed by atoms with E-state index in [-0.39, 0.29) is 24.7 Å². The van der Waals surface area contributed by atoms with Gasteiger partial charge in [0.2, 0.25) is 15.9 Å². The molecule has 1 atom stereocenters. The second kappa shape index (κ2) is 8.12. The van der Waals surface area contributed by atoms with E-state index in [1.165, 1.54) is 6.92 Å². The molecule has 1 amide bonds. The zero-order chi connectivity index (χ0) is 22.2. The van der Waals surface area contributed by atoms with Gasteiger partial charge in [0.15, 0.2) is 4.90 Å². The number of nitrogens with one attached hydrogen (secondary N) is 3. The Morgan fingerprint density at radius 1 is 1.10 bits per heavy atom. The van der Waals surface area contributed by atoms with Crippen molar-refractivity contribution in [2.75, 3.05) is 18.4 Å². The molecule has 0 radical (unpaired) electrons. The zero-order valence-corrected chi connectivity index (χ0v) is 17.7. The first kappa shape index (κ1) is 21.0. The first-order valence-electron chi connectivity index (χ1n) is 9.89. The maximum atomic E-state index is 13.1. The summed E-state index contributed by atoms with van der Waals surface area (Å²) in [5, 5.41) is 4.81. The van der Waals surface area contributed by atoms with Crippen molar-refractivity contribution in [3.8, 4) is 0 Å². The number of nitrogens with zero attached hydrogens (tertiary/aromatic N) is 1. The number of hydrogen-bond donors (Lipinski definition) is 3. The largest absolute Gasteiger partial charge is 0.325 e. The summed E-state index contributed by atoms with van der Waals surface area (Å²) in [5.74, 6) is -0.840. The third kappa shape index (κ3) is 4.04. The number of aromatic nitrogens is 2. The predicted molar refractivity (Wildman–Crippen MR) is 116 cm³/mol. The summed E-state index contributed by atoms with van der Waals surface area (Å²) in [4.78, 5) is 40.3. The van der Waals surface area contributed by atoms with Crippen molar-refractivity contribution in [2.24, 2.45) is 5.92 Å². The molecule has 1 aliphatic rings. The Kier molecular flexibility index (Phi) is 5.50. The van der Waals surface area contributed by atoms with Crippen LogP contribution in [-0.4, -0.2) is 41.7 Å². The molecule has 3 aromatic rings. The Morgan fingerprint density at radius 3 is 2.61 bits per heavy atom. The van der Waals surface area contributed by atoms with Crippen molar-refractivity contribution in [1.29, 1.82) is 0 Å². The zero-order valence-electron chi connectivity index (χ0n) is 16.8. The highest BCUT2D eigenvalue weighted by molar-refractivity contribution is 7.89. The lowest BCUT2D eigenvalue weighted by molar-refractivity contribution is -0.120. The van der Waals surface area contributed by atoms with Crippen molar-refractivity contribution < 1.29 is 13.2 Å². The molecule has 1 aromatic heterocycles. The van der Waals surface area contributed by atoms with Crippen LogP contribution >= 0.6 is 0 Å². The van der Waals surface area contributed by atoms with E-state index in [9.17, 15) is 22.8 Å². The first-order valence-corrected chi connectivity index (χ1v) is 11.3. The minimum atomic E-state index is -4.17. The highest BCUT2D eigenvalue weighted by atomic mass is 32.2. The van der Waals surface area contributed by atoms with Crippen molar-refractivity contribution in [1.82, 2.24) is 14.3 Å². The van der Waals surface area contributed by atoms with Crippen LogP contribution in [0.3, 0.4) is 0 Å². The second-order valence-corrected chi connectivity index (χ2v) is 9.46. The van der Waals surface area contributed by atoms with Crippen LogP contribution in [0.1, 0.15) is 18.5 Å². The van der Waals surface area contributed by atoms with Crippen molar-refractivity contribution in [2.45, 2.75) is 24.7 Å². The molecular formula is C21H22N4O5S. The third-order valence-electron chi connectivity index (χ3n) is 5.48. The molecule has 2 heterocycles. The topological polar surface area (TPSA) is 132 Å². The number of aromatic amines is 2. The fraction of sp³-hybridized carbons (Fsp3) is 0.286. The molecule has 0 aliphatic carbocycles. The molecule has 4 rings (SSSR count). The quantitative estimate of drug-likeness (QED) is 0.564. The maximum Gasteiger partial charge on any atom is 0.325 e. The minimum absolute atomic E-state index is 0.0314. The second-order valence-electron chi connectivity index (χ2n) is 7.58. The number of benzene rings is 2. The Balaban J connectivity index is 1.58. The van der Waals surface area contributed by atoms with Gasteiger partial charge >= 0.3 is 5.69 Å². The van der Waals surface area contributed by atoms with E-state index in [4.69, 9.17) is 0 Å². The summed E-state index contributed by atoms with van der Waals surface area (Å²) < 4.78 is 27.3. The summed E-state index contributed by atoms with van der Waals surface area (Å²) in [5.41, 5.74) is -1.11. The molecule has 162 valence electrons. The number of H-pyrrole nitrogens is 2. The van der Waals surface area contributed by atoms with Crippen molar-refractivity contribution >= 4 is 32.4 Å². The molecule has 1 aliphatic heterocycles. The van der Waals surface area contributed by atoms with Gasteiger partial charge in [-0.25, -0.2) is 13.2 Å². The Morgan fingerprint density at radius 2 is 1.84 bits per heavy atom. The molecule has 0 spiro atoms. The van der Waals surface area contributed by atoms with E-state index in [1.807, 2.05) is 41.4 Å². The molecule has 0 saturated carbocycles. The SMILES string of the molecule is Cc1[nH]c(=O)[nH]c(=O)c1S(=O)(=O)N1CCC[C@@H](C(=O)Nc2cccc3ccccc23)C1. The van der Waals surface area contributed by atoms with Gasteiger partial charge in [0, 0.05) is 29.9 Å². The number of anilines is 1. The Hall–Kier alpha value is -3.24. The van der Waals surface area contributed by atoms with E-state index in [1.54, 1.807) is 6.07 Å². The first-order chi connectivity index (χ1) is 14.8. The van der Waals surface area contributed by atoms with E-state index in [0.717, 1.165) is 15.1 Å². The van der Waals surface area contributed by atoms with Crippen LogP contribution in [0.5, 0.6) is 0 Å². The molecule has 1 saturated heterocycles. The van der Waals surface area contributed by atoms with Gasteiger partial charge in [-0.2, -0.15) is 4.31 Å². The van der Waals surface area contributed by atoms with Crippen molar-refractivity contribution in [3.63, 3.8) is 0 Å². The average Bonchev–Trinajstić information content (AvgIpc) is 2.73. The summed E-state index contributed by atoms with van der Waals surface area (Å²) in [6.45, 7) is 1.51. The summed E-state index contributed by atoms with van der Waals surface area (Å²) in [6, 6.07) is 13.3. The number of carbonyl (C=O) groups excluding carboxylic acids is 1. The summed E-state index contributed by atoms with van der Waals surface area (Å²) in [6.07, 6.45) is 1.01. The number of rotatable bonds is 4. The van der Waals surface area contributed by atoms with Gasteiger partial charge in [-0.05, 0) is 31.2 Å². The van der Waals surface area contributed by atoms with Crippen molar-refractivity contribution in [3.05, 3.63) is 69.0 Å². The summed E-state index contributed by atoms with van der Waals surface area (Å²) in [7, 11) is -4.17. The van der Waals surface area contributed by atoms with Crippen LogP contribution in [0.2, 0.25) is 0 Å². The standard InChI is InChI=1S/C21H22N4O5S/c1-13-18(20(27)24-21(28)22-13)31(29,30)25-11-5-8-15(12-25)19(26)23-17-10-4-7-14-6-2-3-9-16(14)17/h2-4,6-7,9-10,15H,5,8,11-12H2,1H3,(H,23,26)(H2,22,24,27,28)/t15-/m1/s1. The monoisotopic (exact) mass is 442 g/mol. The van der Waals surface area contributed by atoms with Crippen LogP contribution < -0.4 is 16.6 Å². The highest BCUT2D eigenvalue weighted by Gasteiger charge is 2.36. The van der Waals surface area contributed by atoms with Crippen LogP contribution in [0.25, 0.3) is 10.8 Å². The van der Waals surface area contributed by atoms with Gasteiger partial charge in [0.1, 0.15) is 0 Å². The smallest absolute Gasteiger partial charge is 0.325 e. The molecule has 0 bridgehead atoms. The highest BCUT2D eigenvalue weighted by Crippen LogP contribution is 2.27. The number of sulfonamides is 1. The lowest BCUT2D eigenvalue weighted by Gasteiger charge is -2.31. The van der Waals surface area contributed by atoms with Gasteiger partial charge in [0.05, 0.1) is 5.92 Å². The van der Waals surface area contributed by atoms with Gasteiger partial charge in [-0.1, -0.05) is 36.4 Å². The number of fused-ring (bicyclic) bond motifs is 1. The fourth-order valence-corrected chi connectivity index (χ4v) is 5.70. The lowest BCUT2D eigenvalue weighted by Crippen LogP contribution is -2.45. The normalized spacial score (nSPS) is 17.5. The van der Waals surface area contributed by atoms with E-state index < -0.39 is 32.1 Å². The van der Waals surface area contributed by atoms with Gasteiger partial charge in [-0.15, -0.1) is 0 Å². The predicted octanol–water partition coefficient (Wildman–Crippen LogP) is 1.56. The number of amides is 1. The fourth-order valence-electron chi connectivity index (χ4n) is 3.97. The number of carbonyl (C=O) groups is 1. The molecule has 0 unspecified atom stereocenters. The molecule has 1 fully saturated rings. The summed E-state index contributed by atoms with van der Waals surface area (Å²) >= 11 is 0. The van der Waals surface area contributed by atoms with Gasteiger partial charge in [-0.3, -0.25) is 14.6 Å². The van der Waals surface area contributed by atoms with Crippen LogP contribution in [0, 0.1) is 12.8 Å². The molecular weight excluding hydrogens is 420 g/mol. The number of aryl methyl sites for hydroxylation is 1. The molecule has 31 heavy (non-hydrogen) atoms. The van der Waals surface area contributed by atoms with Crippen LogP contribution in [0.15, 0.2) is 56.9 Å². The Bertz CT molecular complexity index is 1370. The Labute approximate surface area is 178 Å². The molecule has 9 nitrogen and oxygen atoms in total. The van der Waals surface area contributed by atoms with Crippen LogP contribution in [0.4, 0.5) is 5.69 Å². The average molecular weight is 442 g/mol. The number of hydrogen-bond acceptors (Lipinski definition) is 5. The maximum absolute atomic E-state index is 13.1. The van der Waals surface area contributed by atoms with E-state index >= 15 is 0 Å². The van der Waals surface area contributed by atoms with Crippen LogP contribution in [-0.2, 0) is 14.8 Å². The molecule has 10 heteroatoms. The molecule has 2 aromatic carbocycles. The van der Waals surface area contributed by atoms with E-state index in [0.29, 0.717) is 18.5 Å². The third-order valence-corrected chi connectivity index (χ3v) is 7.49. The minimum Gasteiger partial charge on any atom is -0.325 e. The lowest BCUT2D eigenvalue weighted by atomic mass is 9.98. The number of piperidine rings is 1.